The van der Waals surface area contributed by atoms with Crippen molar-refractivity contribution < 1.29 is 4.74 Å². The van der Waals surface area contributed by atoms with Crippen molar-refractivity contribution in [3.63, 3.8) is 0 Å². The van der Waals surface area contributed by atoms with Gasteiger partial charge in [-0.15, -0.1) is 11.3 Å². The van der Waals surface area contributed by atoms with Crippen LogP contribution >= 0.6 is 27.3 Å². The summed E-state index contributed by atoms with van der Waals surface area (Å²) in [4.78, 5) is 2.23. The van der Waals surface area contributed by atoms with Gasteiger partial charge < -0.3 is 15.0 Å². The van der Waals surface area contributed by atoms with E-state index >= 15 is 0 Å². The lowest BCUT2D eigenvalue weighted by atomic mass is 10.1. The van der Waals surface area contributed by atoms with Crippen molar-refractivity contribution in [3.05, 3.63) is 50.6 Å². The third-order valence-corrected chi connectivity index (χ3v) is 4.94. The molecule has 0 spiro atoms. The highest BCUT2D eigenvalue weighted by Gasteiger charge is 2.14. The van der Waals surface area contributed by atoms with E-state index in [9.17, 15) is 0 Å². The normalized spacial score (nSPS) is 12.6. The number of benzene rings is 1. The second-order valence-electron chi connectivity index (χ2n) is 5.15. The number of rotatable bonds is 7. The predicted octanol–water partition coefficient (Wildman–Crippen LogP) is 3.91. The van der Waals surface area contributed by atoms with Crippen molar-refractivity contribution in [3.8, 4) is 5.75 Å². The van der Waals surface area contributed by atoms with Gasteiger partial charge in [0.2, 0.25) is 0 Å². The molecule has 0 radical (unpaired) electrons. The highest BCUT2D eigenvalue weighted by Crippen LogP contribution is 2.23. The van der Waals surface area contributed by atoms with E-state index in [4.69, 9.17) is 4.74 Å². The minimum absolute atomic E-state index is 0.321. The maximum atomic E-state index is 5.32. The van der Waals surface area contributed by atoms with E-state index in [1.165, 1.54) is 14.9 Å². The van der Waals surface area contributed by atoms with Gasteiger partial charge in [0.05, 0.1) is 10.9 Å². The number of hydrogen-bond donors (Lipinski definition) is 1. The van der Waals surface area contributed by atoms with Gasteiger partial charge in [0.15, 0.2) is 0 Å². The molecule has 0 fully saturated rings. The summed E-state index contributed by atoms with van der Waals surface area (Å²) in [7, 11) is 5.91. The van der Waals surface area contributed by atoms with Gasteiger partial charge in [-0.1, -0.05) is 12.1 Å². The molecule has 0 saturated carbocycles. The first kappa shape index (κ1) is 16.5. The second-order valence-corrected chi connectivity index (χ2v) is 7.44. The Labute approximate surface area is 139 Å². The van der Waals surface area contributed by atoms with E-state index in [1.807, 2.05) is 12.1 Å². The molecular weight excluding hydrogens is 348 g/mol. The molecule has 1 unspecified atom stereocenters. The van der Waals surface area contributed by atoms with Crippen molar-refractivity contribution in [1.82, 2.24) is 10.2 Å². The van der Waals surface area contributed by atoms with Gasteiger partial charge in [-0.2, -0.15) is 0 Å². The zero-order valence-electron chi connectivity index (χ0n) is 12.6. The third kappa shape index (κ3) is 4.81. The molecule has 21 heavy (non-hydrogen) atoms. The molecule has 0 aliphatic heterocycles. The van der Waals surface area contributed by atoms with Crippen LogP contribution in [0.5, 0.6) is 5.75 Å². The zero-order valence-corrected chi connectivity index (χ0v) is 15.0. The SMILES string of the molecule is COc1cccc(C(CNCc2csc(Br)c2)N(C)C)c1. The summed E-state index contributed by atoms with van der Waals surface area (Å²) in [5.41, 5.74) is 2.58. The van der Waals surface area contributed by atoms with E-state index in [1.54, 1.807) is 18.4 Å². The fourth-order valence-corrected chi connectivity index (χ4v) is 3.45. The molecule has 1 N–H and O–H groups in total. The Morgan fingerprint density at radius 2 is 2.14 bits per heavy atom. The summed E-state index contributed by atoms with van der Waals surface area (Å²) < 4.78 is 6.50. The predicted molar refractivity (Wildman–Crippen MR) is 93.1 cm³/mol. The van der Waals surface area contributed by atoms with Crippen LogP contribution in [0.2, 0.25) is 0 Å². The minimum atomic E-state index is 0.321. The highest BCUT2D eigenvalue weighted by atomic mass is 79.9. The topological polar surface area (TPSA) is 24.5 Å². The van der Waals surface area contributed by atoms with Crippen LogP contribution in [-0.2, 0) is 6.54 Å². The molecule has 2 rings (SSSR count). The van der Waals surface area contributed by atoms with Gasteiger partial charge in [0, 0.05) is 19.1 Å². The average molecular weight is 369 g/mol. The van der Waals surface area contributed by atoms with Crippen LogP contribution in [0.25, 0.3) is 0 Å². The van der Waals surface area contributed by atoms with Crippen molar-refractivity contribution in [2.45, 2.75) is 12.6 Å². The lowest BCUT2D eigenvalue weighted by Crippen LogP contribution is -2.30. The van der Waals surface area contributed by atoms with Crippen molar-refractivity contribution in [2.75, 3.05) is 27.7 Å². The van der Waals surface area contributed by atoms with Gasteiger partial charge in [-0.3, -0.25) is 0 Å². The Hall–Kier alpha value is -0.880. The largest absolute Gasteiger partial charge is 0.497 e. The standard InChI is InChI=1S/C16H21BrN2OS/c1-19(2)15(13-5-4-6-14(8-13)20-3)10-18-9-12-7-16(17)21-11-12/h4-8,11,15,18H,9-10H2,1-3H3. The first-order chi connectivity index (χ1) is 10.1. The van der Waals surface area contributed by atoms with E-state index in [-0.39, 0.29) is 0 Å². The Balaban J connectivity index is 1.98. The molecule has 1 aromatic heterocycles. The van der Waals surface area contributed by atoms with Crippen LogP contribution < -0.4 is 10.1 Å². The van der Waals surface area contributed by atoms with E-state index in [2.05, 4.69) is 63.8 Å². The fraction of sp³-hybridized carbons (Fsp3) is 0.375. The number of methoxy groups -OCH3 is 1. The second kappa shape index (κ2) is 7.94. The molecular formula is C16H21BrN2OS. The van der Waals surface area contributed by atoms with Crippen LogP contribution in [0.3, 0.4) is 0 Å². The molecule has 0 bridgehead atoms. The summed E-state index contributed by atoms with van der Waals surface area (Å²) in [6, 6.07) is 10.8. The summed E-state index contributed by atoms with van der Waals surface area (Å²) in [6.07, 6.45) is 0. The van der Waals surface area contributed by atoms with E-state index < -0.39 is 0 Å². The lowest BCUT2D eigenvalue weighted by Gasteiger charge is -2.25. The van der Waals surface area contributed by atoms with Crippen LogP contribution in [0.1, 0.15) is 17.2 Å². The number of halogens is 1. The van der Waals surface area contributed by atoms with Crippen molar-refractivity contribution >= 4 is 27.3 Å². The third-order valence-electron chi connectivity index (χ3n) is 3.39. The summed E-state index contributed by atoms with van der Waals surface area (Å²) in [6.45, 7) is 1.78. The fourth-order valence-electron chi connectivity index (χ4n) is 2.24. The Bertz CT molecular complexity index is 571. The van der Waals surface area contributed by atoms with Gasteiger partial charge in [-0.25, -0.2) is 0 Å². The van der Waals surface area contributed by atoms with Gasteiger partial charge in [0.25, 0.3) is 0 Å². The molecule has 0 aliphatic rings. The first-order valence-electron chi connectivity index (χ1n) is 6.84. The maximum Gasteiger partial charge on any atom is 0.119 e. The Morgan fingerprint density at radius 1 is 1.33 bits per heavy atom. The maximum absolute atomic E-state index is 5.32. The molecule has 0 aliphatic carbocycles. The van der Waals surface area contributed by atoms with Crippen molar-refractivity contribution in [2.24, 2.45) is 0 Å². The molecule has 0 saturated heterocycles. The highest BCUT2D eigenvalue weighted by molar-refractivity contribution is 9.11. The zero-order chi connectivity index (χ0) is 15.2. The Kier molecular flexibility index (Phi) is 6.23. The number of likely N-dealkylation sites (N-methyl/N-ethyl adjacent to an activating group) is 1. The van der Waals surface area contributed by atoms with Crippen LogP contribution in [0.15, 0.2) is 39.5 Å². The molecule has 2 aromatic rings. The summed E-state index contributed by atoms with van der Waals surface area (Å²) >= 11 is 5.22. The van der Waals surface area contributed by atoms with Crippen LogP contribution in [-0.4, -0.2) is 32.6 Å². The van der Waals surface area contributed by atoms with Crippen LogP contribution in [0, 0.1) is 0 Å². The number of nitrogens with one attached hydrogen (secondary N) is 1. The molecule has 1 heterocycles. The minimum Gasteiger partial charge on any atom is -0.497 e. The van der Waals surface area contributed by atoms with Gasteiger partial charge >= 0.3 is 0 Å². The molecule has 0 amide bonds. The first-order valence-corrected chi connectivity index (χ1v) is 8.51. The number of hydrogen-bond acceptors (Lipinski definition) is 4. The van der Waals surface area contributed by atoms with Gasteiger partial charge in [0.1, 0.15) is 5.75 Å². The van der Waals surface area contributed by atoms with Crippen LogP contribution in [0.4, 0.5) is 0 Å². The smallest absolute Gasteiger partial charge is 0.119 e. The summed E-state index contributed by atoms with van der Waals surface area (Å²) in [5.74, 6) is 0.904. The molecule has 114 valence electrons. The number of thiophene rings is 1. The molecule has 5 heteroatoms. The molecule has 3 nitrogen and oxygen atoms in total. The number of ether oxygens (including phenoxy) is 1. The summed E-state index contributed by atoms with van der Waals surface area (Å²) in [5, 5.41) is 5.71. The van der Waals surface area contributed by atoms with Gasteiger partial charge in [-0.05, 0) is 64.7 Å². The van der Waals surface area contributed by atoms with Crippen molar-refractivity contribution in [1.29, 1.82) is 0 Å². The molecule has 1 aromatic carbocycles. The molecule has 1 atom stereocenters. The van der Waals surface area contributed by atoms with E-state index in [0.717, 1.165) is 18.8 Å². The lowest BCUT2D eigenvalue weighted by molar-refractivity contribution is 0.287. The monoisotopic (exact) mass is 368 g/mol. The number of nitrogens with zero attached hydrogens (tertiary/aromatic N) is 1. The average Bonchev–Trinajstić information content (AvgIpc) is 2.89. The van der Waals surface area contributed by atoms with E-state index in [0.29, 0.717) is 6.04 Å². The Morgan fingerprint density at radius 3 is 2.76 bits per heavy atom. The quantitative estimate of drug-likeness (QED) is 0.801.